The van der Waals surface area contributed by atoms with Gasteiger partial charge in [-0.25, -0.2) is 13.1 Å². The Kier molecular flexibility index (Phi) is 4.90. The fraction of sp³-hybridized carbons (Fsp3) is 0.538. The van der Waals surface area contributed by atoms with Gasteiger partial charge in [0.2, 0.25) is 10.0 Å². The number of hydrogen-bond donors (Lipinski definition) is 2. The van der Waals surface area contributed by atoms with Crippen LogP contribution in [-0.2, 0) is 16.2 Å². The van der Waals surface area contributed by atoms with Gasteiger partial charge >= 0.3 is 6.18 Å². The van der Waals surface area contributed by atoms with E-state index in [9.17, 15) is 21.6 Å². The summed E-state index contributed by atoms with van der Waals surface area (Å²) in [6, 6.07) is 3.35. The minimum Gasteiger partial charge on any atom is -0.317 e. The molecule has 0 aromatic heterocycles. The van der Waals surface area contributed by atoms with Crippen molar-refractivity contribution in [3.8, 4) is 0 Å². The zero-order valence-electron chi connectivity index (χ0n) is 11.3. The summed E-state index contributed by atoms with van der Waals surface area (Å²) in [7, 11) is -3.78. The molecule has 0 spiro atoms. The van der Waals surface area contributed by atoms with E-state index in [1.165, 1.54) is 0 Å². The summed E-state index contributed by atoms with van der Waals surface area (Å²) in [4.78, 5) is -0.146. The van der Waals surface area contributed by atoms with Crippen molar-refractivity contribution in [2.75, 3.05) is 13.1 Å². The molecule has 1 aromatic rings. The van der Waals surface area contributed by atoms with Gasteiger partial charge in [0.15, 0.2) is 0 Å². The number of nitrogens with one attached hydrogen (secondary N) is 2. The normalized spacial score (nSPS) is 21.0. The van der Waals surface area contributed by atoms with Gasteiger partial charge in [0.25, 0.3) is 0 Å². The molecule has 0 amide bonds. The lowest BCUT2D eigenvalue weighted by Gasteiger charge is -2.16. The van der Waals surface area contributed by atoms with Crippen LogP contribution < -0.4 is 10.0 Å². The highest BCUT2D eigenvalue weighted by Gasteiger charge is 2.31. The van der Waals surface area contributed by atoms with Crippen LogP contribution in [0.1, 0.15) is 24.8 Å². The Hall–Kier alpha value is -1.12. The van der Waals surface area contributed by atoms with Gasteiger partial charge in [-0.05, 0) is 56.6 Å². The number of sulfonamides is 1. The molecule has 1 atom stereocenters. The maximum Gasteiger partial charge on any atom is 0.416 e. The highest BCUT2D eigenvalue weighted by atomic mass is 32.2. The molecule has 0 bridgehead atoms. The predicted octanol–water partition coefficient (Wildman–Crippen LogP) is 2.13. The molecule has 0 saturated carbocycles. The van der Waals surface area contributed by atoms with Gasteiger partial charge in [-0.3, -0.25) is 0 Å². The lowest BCUT2D eigenvalue weighted by atomic mass is 10.1. The molecule has 2 N–H and O–H groups in total. The van der Waals surface area contributed by atoms with Crippen molar-refractivity contribution in [1.82, 2.24) is 10.0 Å². The molecular weight excluding hydrogens is 305 g/mol. The van der Waals surface area contributed by atoms with Gasteiger partial charge in [0.05, 0.1) is 10.5 Å². The average Bonchev–Trinajstić information content (AvgIpc) is 2.66. The number of hydrogen-bond acceptors (Lipinski definition) is 3. The fourth-order valence-electron chi connectivity index (χ4n) is 2.25. The minimum atomic E-state index is -4.47. The maximum atomic E-state index is 12.5. The van der Waals surface area contributed by atoms with E-state index < -0.39 is 21.8 Å². The van der Waals surface area contributed by atoms with E-state index in [4.69, 9.17) is 0 Å². The van der Waals surface area contributed by atoms with Crippen molar-refractivity contribution in [3.63, 3.8) is 0 Å². The second-order valence-electron chi connectivity index (χ2n) is 5.02. The first-order chi connectivity index (χ1) is 9.79. The zero-order chi connectivity index (χ0) is 15.5. The predicted molar refractivity (Wildman–Crippen MR) is 72.3 cm³/mol. The molecule has 1 saturated heterocycles. The second kappa shape index (κ2) is 6.33. The van der Waals surface area contributed by atoms with Crippen molar-refractivity contribution in [3.05, 3.63) is 29.8 Å². The molecular formula is C13H17F3N2O2S. The Morgan fingerprint density at radius 1 is 1.10 bits per heavy atom. The summed E-state index contributed by atoms with van der Waals surface area (Å²) in [5.74, 6) is 0. The van der Waals surface area contributed by atoms with E-state index in [2.05, 4.69) is 10.0 Å². The van der Waals surface area contributed by atoms with Crippen LogP contribution in [0.5, 0.6) is 0 Å². The van der Waals surface area contributed by atoms with Crippen LogP contribution in [0.15, 0.2) is 29.2 Å². The first-order valence-corrected chi connectivity index (χ1v) is 8.18. The summed E-state index contributed by atoms with van der Waals surface area (Å²) in [5, 5.41) is 3.17. The Balaban J connectivity index is 2.11. The number of halogens is 3. The van der Waals surface area contributed by atoms with E-state index in [1.807, 2.05) is 0 Å². The van der Waals surface area contributed by atoms with Crippen LogP contribution in [-0.4, -0.2) is 27.5 Å². The molecule has 1 aromatic carbocycles. The third-order valence-corrected chi connectivity index (χ3v) is 4.93. The highest BCUT2D eigenvalue weighted by Crippen LogP contribution is 2.29. The van der Waals surface area contributed by atoms with E-state index in [1.54, 1.807) is 0 Å². The molecule has 2 rings (SSSR count). The second-order valence-corrected chi connectivity index (χ2v) is 6.74. The van der Waals surface area contributed by atoms with Crippen LogP contribution in [0, 0.1) is 0 Å². The molecule has 1 fully saturated rings. The molecule has 4 nitrogen and oxygen atoms in total. The lowest BCUT2D eigenvalue weighted by Crippen LogP contribution is -2.35. The topological polar surface area (TPSA) is 58.2 Å². The number of alkyl halides is 3. The average molecular weight is 322 g/mol. The van der Waals surface area contributed by atoms with Gasteiger partial charge in [-0.2, -0.15) is 13.2 Å². The van der Waals surface area contributed by atoms with Gasteiger partial charge in [-0.1, -0.05) is 0 Å². The molecule has 1 aliphatic heterocycles. The summed E-state index contributed by atoms with van der Waals surface area (Å²) in [6.07, 6.45) is -2.23. The van der Waals surface area contributed by atoms with Crippen molar-refractivity contribution >= 4 is 10.0 Å². The third kappa shape index (κ3) is 4.42. The number of rotatable bonds is 3. The third-order valence-electron chi connectivity index (χ3n) is 3.39. The van der Waals surface area contributed by atoms with Crippen LogP contribution in [0.2, 0.25) is 0 Å². The monoisotopic (exact) mass is 322 g/mol. The SMILES string of the molecule is O=S(=O)(NC1CCCNCC1)c1ccc(C(F)(F)F)cc1. The van der Waals surface area contributed by atoms with E-state index in [0.717, 1.165) is 43.8 Å². The summed E-state index contributed by atoms with van der Waals surface area (Å²) in [6.45, 7) is 1.57. The van der Waals surface area contributed by atoms with Crippen LogP contribution in [0.25, 0.3) is 0 Å². The van der Waals surface area contributed by atoms with Crippen LogP contribution in [0.3, 0.4) is 0 Å². The first-order valence-electron chi connectivity index (χ1n) is 6.69. The van der Waals surface area contributed by atoms with Gasteiger partial charge in [0, 0.05) is 6.04 Å². The lowest BCUT2D eigenvalue weighted by molar-refractivity contribution is -0.137. The van der Waals surface area contributed by atoms with Crippen molar-refractivity contribution in [2.45, 2.75) is 36.4 Å². The molecule has 118 valence electrons. The van der Waals surface area contributed by atoms with Crippen LogP contribution >= 0.6 is 0 Å². The van der Waals surface area contributed by atoms with Crippen LogP contribution in [0.4, 0.5) is 13.2 Å². The standard InChI is InChI=1S/C13H17F3N2O2S/c14-13(15,16)10-3-5-12(6-4-10)21(19,20)18-11-2-1-8-17-9-7-11/h3-6,11,17-18H,1-2,7-9H2. The molecule has 0 radical (unpaired) electrons. The van der Waals surface area contributed by atoms with Gasteiger partial charge < -0.3 is 5.32 Å². The minimum absolute atomic E-state index is 0.146. The highest BCUT2D eigenvalue weighted by molar-refractivity contribution is 7.89. The smallest absolute Gasteiger partial charge is 0.317 e. The Morgan fingerprint density at radius 3 is 2.38 bits per heavy atom. The largest absolute Gasteiger partial charge is 0.416 e. The van der Waals surface area contributed by atoms with Gasteiger partial charge in [0.1, 0.15) is 0 Å². The zero-order valence-corrected chi connectivity index (χ0v) is 12.1. The quantitative estimate of drug-likeness (QED) is 0.896. The van der Waals surface area contributed by atoms with Crippen molar-refractivity contribution in [1.29, 1.82) is 0 Å². The summed E-state index contributed by atoms with van der Waals surface area (Å²) in [5.41, 5.74) is -0.861. The summed E-state index contributed by atoms with van der Waals surface area (Å²) >= 11 is 0. The van der Waals surface area contributed by atoms with E-state index in [0.29, 0.717) is 12.8 Å². The first kappa shape index (κ1) is 16.3. The molecule has 8 heteroatoms. The molecule has 1 heterocycles. The number of benzene rings is 1. The Morgan fingerprint density at radius 2 is 1.76 bits per heavy atom. The molecule has 0 aliphatic carbocycles. The molecule has 21 heavy (non-hydrogen) atoms. The van der Waals surface area contributed by atoms with Gasteiger partial charge in [-0.15, -0.1) is 0 Å². The fourth-order valence-corrected chi connectivity index (χ4v) is 3.55. The van der Waals surface area contributed by atoms with Crippen molar-refractivity contribution < 1.29 is 21.6 Å². The van der Waals surface area contributed by atoms with Crippen molar-refractivity contribution in [2.24, 2.45) is 0 Å². The van der Waals surface area contributed by atoms with E-state index in [-0.39, 0.29) is 10.9 Å². The summed E-state index contributed by atoms with van der Waals surface area (Å²) < 4.78 is 64.3. The Labute approximate surface area is 121 Å². The molecule has 1 unspecified atom stereocenters. The maximum absolute atomic E-state index is 12.5. The molecule has 1 aliphatic rings. The Bertz CT molecular complexity index is 562. The van der Waals surface area contributed by atoms with E-state index >= 15 is 0 Å².